The first kappa shape index (κ1) is 13.5. The third-order valence-electron chi connectivity index (χ3n) is 3.65. The van der Waals surface area contributed by atoms with Gasteiger partial charge in [0.25, 0.3) is 0 Å². The summed E-state index contributed by atoms with van der Waals surface area (Å²) < 4.78 is 18.3. The molecule has 3 saturated heterocycles. The number of fused-ring (bicyclic) bond motifs is 6. The minimum Gasteiger partial charge on any atom is -0.372 e. The molecule has 0 aromatic heterocycles. The number of hydrogen-bond acceptors (Lipinski definition) is 4. The van der Waals surface area contributed by atoms with Crippen LogP contribution in [0.4, 0.5) is 0 Å². The lowest BCUT2D eigenvalue weighted by atomic mass is 10.0. The van der Waals surface area contributed by atoms with Crippen molar-refractivity contribution >= 4 is 8.80 Å². The van der Waals surface area contributed by atoms with Gasteiger partial charge in [-0.3, -0.25) is 4.90 Å². The lowest BCUT2D eigenvalue weighted by Crippen LogP contribution is -2.64. The second-order valence-electron chi connectivity index (χ2n) is 5.90. The van der Waals surface area contributed by atoms with Crippen LogP contribution in [-0.4, -0.2) is 51.1 Å². The van der Waals surface area contributed by atoms with Crippen LogP contribution in [0.25, 0.3) is 0 Å². The average molecular weight is 259 g/mol. The quantitative estimate of drug-likeness (QED) is 0.673. The minimum absolute atomic E-state index is 0.0729. The average Bonchev–Trinajstić information content (AvgIpc) is 2.21. The Labute approximate surface area is 106 Å². The van der Waals surface area contributed by atoms with Crippen LogP contribution in [0.15, 0.2) is 0 Å². The Balaban J connectivity index is 2.31. The van der Waals surface area contributed by atoms with Crippen LogP contribution >= 0.6 is 0 Å². The molecule has 5 heteroatoms. The molecule has 3 fully saturated rings. The Bertz CT molecular complexity index is 271. The molecule has 0 saturated carbocycles. The minimum atomic E-state index is -2.44. The van der Waals surface area contributed by atoms with Crippen molar-refractivity contribution in [2.45, 2.75) is 58.4 Å². The largest absolute Gasteiger partial charge is 0.501 e. The van der Waals surface area contributed by atoms with Crippen molar-refractivity contribution in [3.05, 3.63) is 0 Å². The van der Waals surface area contributed by atoms with Gasteiger partial charge in [0.05, 0.1) is 18.8 Å². The van der Waals surface area contributed by atoms with Crippen molar-refractivity contribution in [2.24, 2.45) is 0 Å². The maximum atomic E-state index is 6.12. The zero-order valence-electron chi connectivity index (χ0n) is 11.7. The first-order chi connectivity index (χ1) is 7.87. The van der Waals surface area contributed by atoms with Gasteiger partial charge in [0.15, 0.2) is 0 Å². The molecule has 3 aliphatic rings. The van der Waals surface area contributed by atoms with E-state index in [-0.39, 0.29) is 17.7 Å². The van der Waals surface area contributed by atoms with Crippen molar-refractivity contribution < 1.29 is 13.3 Å². The predicted molar refractivity (Wildman–Crippen MR) is 68.9 cm³/mol. The van der Waals surface area contributed by atoms with Crippen LogP contribution in [0.2, 0.25) is 6.04 Å². The Morgan fingerprint density at radius 3 is 2.18 bits per heavy atom. The van der Waals surface area contributed by atoms with Gasteiger partial charge in [-0.1, -0.05) is 6.92 Å². The first-order valence-corrected chi connectivity index (χ1v) is 8.55. The molecule has 2 unspecified atom stereocenters. The van der Waals surface area contributed by atoms with Crippen LogP contribution in [-0.2, 0) is 13.3 Å². The normalized spacial score (nSPS) is 46.1. The summed E-state index contributed by atoms with van der Waals surface area (Å²) in [6.45, 7) is 13.5. The molecule has 3 rings (SSSR count). The second kappa shape index (κ2) is 4.62. The van der Waals surface area contributed by atoms with Crippen LogP contribution in [0.3, 0.4) is 0 Å². The SMILES string of the molecule is CC[Si]12OCC(C)(C)N(CC(C)O1)CC(C)O2. The molecule has 0 aromatic rings. The molecule has 3 heterocycles. The highest BCUT2D eigenvalue weighted by Gasteiger charge is 2.49. The molecular weight excluding hydrogens is 234 g/mol. The molecule has 2 bridgehead atoms. The molecular formula is C12H25NO3Si. The summed E-state index contributed by atoms with van der Waals surface area (Å²) >= 11 is 0. The van der Waals surface area contributed by atoms with Crippen LogP contribution in [0.1, 0.15) is 34.6 Å². The highest BCUT2D eigenvalue weighted by atomic mass is 28.4. The van der Waals surface area contributed by atoms with Gasteiger partial charge in [-0.2, -0.15) is 0 Å². The summed E-state index contributed by atoms with van der Waals surface area (Å²) in [6.07, 6.45) is 0.377. The molecule has 3 aliphatic heterocycles. The molecule has 0 aliphatic carbocycles. The fourth-order valence-corrected chi connectivity index (χ4v) is 5.30. The maximum absolute atomic E-state index is 6.12. The van der Waals surface area contributed by atoms with Crippen molar-refractivity contribution in [1.82, 2.24) is 4.90 Å². The van der Waals surface area contributed by atoms with E-state index in [1.807, 2.05) is 0 Å². The monoisotopic (exact) mass is 259 g/mol. The van der Waals surface area contributed by atoms with Gasteiger partial charge in [0.2, 0.25) is 0 Å². The predicted octanol–water partition coefficient (Wildman–Crippen LogP) is 1.88. The summed E-state index contributed by atoms with van der Waals surface area (Å²) in [5, 5.41) is 0. The third kappa shape index (κ3) is 2.74. The molecule has 0 amide bonds. The summed E-state index contributed by atoms with van der Waals surface area (Å²) in [5.74, 6) is 0. The molecule has 2 atom stereocenters. The Morgan fingerprint density at radius 1 is 1.18 bits per heavy atom. The summed E-state index contributed by atoms with van der Waals surface area (Å²) in [7, 11) is -2.44. The van der Waals surface area contributed by atoms with Gasteiger partial charge < -0.3 is 13.3 Å². The highest BCUT2D eigenvalue weighted by molar-refractivity contribution is 6.60. The summed E-state index contributed by atoms with van der Waals surface area (Å²) in [5.41, 5.74) is 0.0729. The van der Waals surface area contributed by atoms with Crippen LogP contribution in [0, 0.1) is 0 Å². The van der Waals surface area contributed by atoms with Crippen molar-refractivity contribution in [1.29, 1.82) is 0 Å². The molecule has 0 N–H and O–H groups in total. The lowest BCUT2D eigenvalue weighted by molar-refractivity contribution is -0.101. The van der Waals surface area contributed by atoms with E-state index in [9.17, 15) is 0 Å². The van der Waals surface area contributed by atoms with Gasteiger partial charge in [0, 0.05) is 24.7 Å². The third-order valence-corrected chi connectivity index (χ3v) is 6.62. The molecule has 17 heavy (non-hydrogen) atoms. The van der Waals surface area contributed by atoms with Crippen molar-refractivity contribution in [2.75, 3.05) is 19.7 Å². The zero-order chi connectivity index (χ0) is 12.7. The summed E-state index contributed by atoms with van der Waals surface area (Å²) in [4.78, 5) is 2.43. The van der Waals surface area contributed by atoms with Crippen LogP contribution in [0.5, 0.6) is 0 Å². The zero-order valence-corrected chi connectivity index (χ0v) is 12.7. The topological polar surface area (TPSA) is 30.9 Å². The lowest BCUT2D eigenvalue weighted by Gasteiger charge is -2.50. The summed E-state index contributed by atoms with van der Waals surface area (Å²) in [6, 6.07) is 0.859. The van der Waals surface area contributed by atoms with E-state index in [1.54, 1.807) is 0 Å². The number of rotatable bonds is 1. The van der Waals surface area contributed by atoms with E-state index in [0.29, 0.717) is 6.61 Å². The van der Waals surface area contributed by atoms with E-state index in [0.717, 1.165) is 19.1 Å². The van der Waals surface area contributed by atoms with E-state index in [2.05, 4.69) is 39.5 Å². The maximum Gasteiger partial charge on any atom is 0.501 e. The fourth-order valence-electron chi connectivity index (χ4n) is 2.62. The van der Waals surface area contributed by atoms with Gasteiger partial charge in [-0.05, 0) is 27.7 Å². The smallest absolute Gasteiger partial charge is 0.372 e. The number of hydrogen-bond donors (Lipinski definition) is 0. The van der Waals surface area contributed by atoms with E-state index >= 15 is 0 Å². The molecule has 0 radical (unpaired) electrons. The van der Waals surface area contributed by atoms with Gasteiger partial charge in [-0.15, -0.1) is 0 Å². The van der Waals surface area contributed by atoms with Crippen molar-refractivity contribution in [3.8, 4) is 0 Å². The number of nitrogens with zero attached hydrogens (tertiary/aromatic N) is 1. The second-order valence-corrected chi connectivity index (χ2v) is 8.73. The van der Waals surface area contributed by atoms with Gasteiger partial charge >= 0.3 is 8.80 Å². The van der Waals surface area contributed by atoms with Gasteiger partial charge in [0.1, 0.15) is 0 Å². The van der Waals surface area contributed by atoms with E-state index in [1.165, 1.54) is 0 Å². The van der Waals surface area contributed by atoms with Gasteiger partial charge in [-0.25, -0.2) is 0 Å². The molecule has 4 nitrogen and oxygen atoms in total. The fraction of sp³-hybridized carbons (Fsp3) is 1.00. The molecule has 0 spiro atoms. The highest BCUT2D eigenvalue weighted by Crippen LogP contribution is 2.30. The first-order valence-electron chi connectivity index (χ1n) is 6.61. The standard InChI is InChI=1S/C12H25NO3Si/c1-6-17-14-9-12(4,5)13(7-10(2)15-17)8-11(3)16-17/h10-11H,6-9H2,1-5H3. The van der Waals surface area contributed by atoms with Crippen LogP contribution < -0.4 is 0 Å². The Hall–Kier alpha value is 0.0569. The molecule has 0 aromatic carbocycles. The molecule has 100 valence electrons. The Morgan fingerprint density at radius 2 is 1.71 bits per heavy atom. The van der Waals surface area contributed by atoms with Crippen molar-refractivity contribution in [3.63, 3.8) is 0 Å². The van der Waals surface area contributed by atoms with E-state index in [4.69, 9.17) is 13.3 Å². The Kier molecular flexibility index (Phi) is 3.67. The van der Waals surface area contributed by atoms with E-state index < -0.39 is 8.80 Å².